The van der Waals surface area contributed by atoms with Gasteiger partial charge in [-0.25, -0.2) is 8.78 Å². The minimum Gasteiger partial charge on any atom is -0.206 e. The lowest BCUT2D eigenvalue weighted by atomic mass is 9.76. The Balaban J connectivity index is 1.32. The van der Waals surface area contributed by atoms with Gasteiger partial charge in [0.05, 0.1) is 0 Å². The largest absolute Gasteiger partial charge is 0.422 e. The molecule has 2 aliphatic rings. The van der Waals surface area contributed by atoms with Crippen molar-refractivity contribution in [1.82, 2.24) is 0 Å². The fourth-order valence-electron chi connectivity index (χ4n) is 6.29. The van der Waals surface area contributed by atoms with Crippen molar-refractivity contribution in [2.45, 2.75) is 128 Å². The van der Waals surface area contributed by atoms with Crippen molar-refractivity contribution < 1.29 is 22.0 Å². The van der Waals surface area contributed by atoms with E-state index in [4.69, 9.17) is 0 Å². The molecule has 0 amide bonds. The van der Waals surface area contributed by atoms with Crippen LogP contribution in [0, 0.1) is 29.4 Å². The Morgan fingerprint density at radius 2 is 1.17 bits per heavy atom. The first-order valence-electron chi connectivity index (χ1n) is 14.5. The lowest BCUT2D eigenvalue weighted by molar-refractivity contribution is -0.142. The van der Waals surface area contributed by atoms with Gasteiger partial charge in [0.25, 0.3) is 0 Å². The normalized spacial score (nSPS) is 25.5. The zero-order valence-corrected chi connectivity index (χ0v) is 22.0. The molecule has 2 fully saturated rings. The van der Waals surface area contributed by atoms with Crippen LogP contribution in [0.25, 0.3) is 0 Å². The summed E-state index contributed by atoms with van der Waals surface area (Å²) in [5, 5.41) is 0. The van der Waals surface area contributed by atoms with Crippen LogP contribution in [0.4, 0.5) is 22.0 Å². The molecule has 0 bridgehead atoms. The third-order valence-corrected chi connectivity index (χ3v) is 8.60. The highest BCUT2D eigenvalue weighted by molar-refractivity contribution is 5.31. The molecule has 0 N–H and O–H groups in total. The summed E-state index contributed by atoms with van der Waals surface area (Å²) in [6.07, 6.45) is 20.7. The Morgan fingerprint density at radius 1 is 0.694 bits per heavy atom. The lowest BCUT2D eigenvalue weighted by Gasteiger charge is -2.29. The second kappa shape index (κ2) is 14.5. The van der Waals surface area contributed by atoms with Gasteiger partial charge >= 0.3 is 6.18 Å². The van der Waals surface area contributed by atoms with Crippen LogP contribution in [-0.4, -0.2) is 0 Å². The van der Waals surface area contributed by atoms with E-state index in [2.05, 4.69) is 19.1 Å². The molecule has 5 heteroatoms. The molecular formula is C31H45F5. The second-order valence-corrected chi connectivity index (χ2v) is 11.4. The molecule has 0 aromatic heterocycles. The van der Waals surface area contributed by atoms with Crippen molar-refractivity contribution in [3.63, 3.8) is 0 Å². The number of allylic oxidation sites excluding steroid dienone is 2. The highest BCUT2D eigenvalue weighted by Gasteiger charge is 2.38. The first kappa shape index (κ1) is 29.2. The van der Waals surface area contributed by atoms with Gasteiger partial charge in [-0.1, -0.05) is 76.9 Å². The summed E-state index contributed by atoms with van der Waals surface area (Å²) < 4.78 is 66.5. The highest BCUT2D eigenvalue weighted by Crippen LogP contribution is 2.40. The van der Waals surface area contributed by atoms with Crippen LogP contribution >= 0.6 is 0 Å². The van der Waals surface area contributed by atoms with Crippen molar-refractivity contribution >= 4 is 0 Å². The molecule has 1 aromatic carbocycles. The van der Waals surface area contributed by atoms with Crippen molar-refractivity contribution in [3.8, 4) is 0 Å². The lowest BCUT2D eigenvalue weighted by Crippen LogP contribution is -2.16. The quantitative estimate of drug-likeness (QED) is 0.148. The van der Waals surface area contributed by atoms with Crippen LogP contribution in [0.15, 0.2) is 24.3 Å². The van der Waals surface area contributed by atoms with E-state index in [0.29, 0.717) is 17.4 Å². The highest BCUT2D eigenvalue weighted by atomic mass is 19.4. The molecule has 204 valence electrons. The Morgan fingerprint density at radius 3 is 1.67 bits per heavy atom. The molecule has 2 aliphatic carbocycles. The Bertz CT molecular complexity index is 773. The summed E-state index contributed by atoms with van der Waals surface area (Å²) in [6.45, 7) is 2.26. The standard InChI is InChI=1S/C31H45F5/c1-2-3-4-5-6-7-8-9-10-23-11-13-24(14-12-23)15-16-25-17-19-26(20-18-25)27-21-28(32)30(29(33)22-27)31(34,35)36/h15-16,21-26H,2-14,17-20H2,1H3. The van der Waals surface area contributed by atoms with E-state index in [1.807, 2.05) is 0 Å². The monoisotopic (exact) mass is 512 g/mol. The van der Waals surface area contributed by atoms with Crippen LogP contribution in [0.5, 0.6) is 0 Å². The zero-order valence-electron chi connectivity index (χ0n) is 22.0. The van der Waals surface area contributed by atoms with Crippen LogP contribution in [0.1, 0.15) is 133 Å². The fourth-order valence-corrected chi connectivity index (χ4v) is 6.29. The minimum absolute atomic E-state index is 0.0762. The number of halogens is 5. The Hall–Kier alpha value is -1.39. The number of hydrogen-bond acceptors (Lipinski definition) is 0. The zero-order chi connectivity index (χ0) is 26.0. The van der Waals surface area contributed by atoms with Crippen LogP contribution in [0.3, 0.4) is 0 Å². The molecular weight excluding hydrogens is 467 g/mol. The molecule has 3 rings (SSSR count). The Kier molecular flexibility index (Phi) is 11.8. The van der Waals surface area contributed by atoms with Gasteiger partial charge in [-0.2, -0.15) is 13.2 Å². The molecule has 0 unspecified atom stereocenters. The SMILES string of the molecule is CCCCCCCCCCC1CCC(C=CC2CCC(c3cc(F)c(C(F)(F)F)c(F)c3)CC2)CC1. The molecule has 0 spiro atoms. The van der Waals surface area contributed by atoms with E-state index < -0.39 is 23.4 Å². The minimum atomic E-state index is -5.01. The fraction of sp³-hybridized carbons (Fsp3) is 0.742. The third-order valence-electron chi connectivity index (χ3n) is 8.60. The van der Waals surface area contributed by atoms with E-state index in [-0.39, 0.29) is 5.92 Å². The molecule has 0 heterocycles. The summed E-state index contributed by atoms with van der Waals surface area (Å²) in [5.74, 6) is -1.06. The third kappa shape index (κ3) is 9.17. The van der Waals surface area contributed by atoms with E-state index >= 15 is 0 Å². The van der Waals surface area contributed by atoms with Crippen molar-refractivity contribution in [3.05, 3.63) is 47.0 Å². The molecule has 0 saturated heterocycles. The van der Waals surface area contributed by atoms with Gasteiger partial charge in [0, 0.05) is 0 Å². The number of hydrogen-bond donors (Lipinski definition) is 0. The summed E-state index contributed by atoms with van der Waals surface area (Å²) in [6, 6.07) is 1.78. The molecule has 0 radical (unpaired) electrons. The van der Waals surface area contributed by atoms with E-state index in [9.17, 15) is 22.0 Å². The average Bonchev–Trinajstić information content (AvgIpc) is 2.84. The summed E-state index contributed by atoms with van der Waals surface area (Å²) >= 11 is 0. The number of alkyl halides is 3. The van der Waals surface area contributed by atoms with E-state index in [1.165, 1.54) is 83.5 Å². The molecule has 0 aliphatic heterocycles. The summed E-state index contributed by atoms with van der Waals surface area (Å²) in [7, 11) is 0. The van der Waals surface area contributed by atoms with Gasteiger partial charge in [-0.3, -0.25) is 0 Å². The maximum Gasteiger partial charge on any atom is 0.422 e. The topological polar surface area (TPSA) is 0 Å². The predicted molar refractivity (Wildman–Crippen MR) is 138 cm³/mol. The molecule has 0 atom stereocenters. The van der Waals surface area contributed by atoms with Crippen LogP contribution in [0.2, 0.25) is 0 Å². The van der Waals surface area contributed by atoms with Gasteiger partial charge < -0.3 is 0 Å². The Labute approximate surface area is 215 Å². The van der Waals surface area contributed by atoms with Crippen molar-refractivity contribution in [2.24, 2.45) is 17.8 Å². The number of benzene rings is 1. The van der Waals surface area contributed by atoms with Gasteiger partial charge in [0.2, 0.25) is 0 Å². The molecule has 1 aromatic rings. The number of unbranched alkanes of at least 4 members (excludes halogenated alkanes) is 7. The first-order valence-corrected chi connectivity index (χ1v) is 14.5. The van der Waals surface area contributed by atoms with Gasteiger partial charge in [-0.15, -0.1) is 0 Å². The molecule has 36 heavy (non-hydrogen) atoms. The molecule has 0 nitrogen and oxygen atoms in total. The number of rotatable bonds is 12. The van der Waals surface area contributed by atoms with E-state index in [1.54, 1.807) is 0 Å². The van der Waals surface area contributed by atoms with Crippen molar-refractivity contribution in [2.75, 3.05) is 0 Å². The van der Waals surface area contributed by atoms with Crippen LogP contribution < -0.4 is 0 Å². The van der Waals surface area contributed by atoms with Gasteiger partial charge in [0.1, 0.15) is 17.2 Å². The summed E-state index contributed by atoms with van der Waals surface area (Å²) in [5.41, 5.74) is -1.43. The van der Waals surface area contributed by atoms with Gasteiger partial charge in [-0.05, 0) is 92.7 Å². The maximum atomic E-state index is 14.0. The first-order chi connectivity index (χ1) is 17.3. The van der Waals surface area contributed by atoms with E-state index in [0.717, 1.165) is 43.7 Å². The maximum absolute atomic E-state index is 14.0. The van der Waals surface area contributed by atoms with Crippen LogP contribution in [-0.2, 0) is 6.18 Å². The van der Waals surface area contributed by atoms with Gasteiger partial charge in [0.15, 0.2) is 0 Å². The average molecular weight is 513 g/mol. The van der Waals surface area contributed by atoms with Crippen molar-refractivity contribution in [1.29, 1.82) is 0 Å². The second-order valence-electron chi connectivity index (χ2n) is 11.4. The molecule has 2 saturated carbocycles. The smallest absolute Gasteiger partial charge is 0.206 e. The summed E-state index contributed by atoms with van der Waals surface area (Å²) in [4.78, 5) is 0. The predicted octanol–water partition coefficient (Wildman–Crippen LogP) is 11.2.